The number of furan rings is 1. The molecule has 10 heteroatoms. The van der Waals surface area contributed by atoms with Crippen LogP contribution in [0, 0.1) is 0 Å². The zero-order valence-corrected chi connectivity index (χ0v) is 16.6. The van der Waals surface area contributed by atoms with Crippen LogP contribution in [0.1, 0.15) is 5.76 Å². The number of hydrogen-bond acceptors (Lipinski definition) is 9. The summed E-state index contributed by atoms with van der Waals surface area (Å²) >= 11 is 6.06. The van der Waals surface area contributed by atoms with Crippen LogP contribution in [0.3, 0.4) is 0 Å². The monoisotopic (exact) mass is 431 g/mol. The van der Waals surface area contributed by atoms with Gasteiger partial charge in [0.05, 0.1) is 6.21 Å². The number of nitrogens with zero attached hydrogens (tertiary/aromatic N) is 5. The highest BCUT2D eigenvalue weighted by molar-refractivity contribution is 6.30. The van der Waals surface area contributed by atoms with Gasteiger partial charge in [-0.2, -0.15) is 10.1 Å². The second kappa shape index (κ2) is 8.25. The SMILES string of the molecule is Clc1cccc(Nc2nc3nonc3nc2N/N=C\c2ccc(-c3ccccc3)o2)c1. The van der Waals surface area contributed by atoms with Crippen LogP contribution in [0.15, 0.2) is 80.9 Å². The molecular formula is C21H14ClN7O2. The van der Waals surface area contributed by atoms with Gasteiger partial charge >= 0.3 is 0 Å². The fraction of sp³-hybridized carbons (Fsp3) is 0. The molecule has 5 rings (SSSR count). The minimum atomic E-state index is 0.249. The summed E-state index contributed by atoms with van der Waals surface area (Å²) in [4.78, 5) is 8.74. The lowest BCUT2D eigenvalue weighted by Gasteiger charge is -2.09. The van der Waals surface area contributed by atoms with Crippen molar-refractivity contribution in [2.45, 2.75) is 0 Å². The molecule has 5 aromatic rings. The number of nitrogens with one attached hydrogen (secondary N) is 2. The highest BCUT2D eigenvalue weighted by Gasteiger charge is 2.13. The Balaban J connectivity index is 1.39. The number of benzene rings is 2. The molecule has 0 atom stereocenters. The average Bonchev–Trinajstić information content (AvgIpc) is 3.44. The molecule has 0 aliphatic heterocycles. The fourth-order valence-electron chi connectivity index (χ4n) is 2.84. The zero-order chi connectivity index (χ0) is 21.0. The van der Waals surface area contributed by atoms with Crippen molar-refractivity contribution in [1.82, 2.24) is 20.3 Å². The van der Waals surface area contributed by atoms with E-state index in [1.165, 1.54) is 0 Å². The summed E-state index contributed by atoms with van der Waals surface area (Å²) in [6.45, 7) is 0. The maximum absolute atomic E-state index is 6.06. The normalized spacial score (nSPS) is 11.3. The maximum atomic E-state index is 6.06. The highest BCUT2D eigenvalue weighted by atomic mass is 35.5. The lowest BCUT2D eigenvalue weighted by Crippen LogP contribution is -2.03. The van der Waals surface area contributed by atoms with Crippen molar-refractivity contribution in [1.29, 1.82) is 0 Å². The van der Waals surface area contributed by atoms with Crippen molar-refractivity contribution >= 4 is 46.4 Å². The maximum Gasteiger partial charge on any atom is 0.245 e. The molecule has 152 valence electrons. The van der Waals surface area contributed by atoms with E-state index < -0.39 is 0 Å². The third-order valence-electron chi connectivity index (χ3n) is 4.25. The molecule has 3 heterocycles. The predicted octanol–water partition coefficient (Wildman–Crippen LogP) is 5.12. The second-order valence-electron chi connectivity index (χ2n) is 6.41. The van der Waals surface area contributed by atoms with Gasteiger partial charge in [-0.1, -0.05) is 48.0 Å². The number of anilines is 3. The number of hydrogen-bond donors (Lipinski definition) is 2. The van der Waals surface area contributed by atoms with Crippen molar-refractivity contribution < 1.29 is 9.05 Å². The Morgan fingerprint density at radius 2 is 1.68 bits per heavy atom. The first-order valence-electron chi connectivity index (χ1n) is 9.22. The number of halogens is 1. The number of hydrazone groups is 1. The van der Waals surface area contributed by atoms with Crippen LogP contribution in [0.4, 0.5) is 17.3 Å². The van der Waals surface area contributed by atoms with Gasteiger partial charge in [0.15, 0.2) is 11.6 Å². The average molecular weight is 432 g/mol. The van der Waals surface area contributed by atoms with Crippen LogP contribution < -0.4 is 10.7 Å². The van der Waals surface area contributed by atoms with Gasteiger partial charge in [0, 0.05) is 16.3 Å². The molecule has 0 bridgehead atoms. The third-order valence-corrected chi connectivity index (χ3v) is 4.48. The van der Waals surface area contributed by atoms with Gasteiger partial charge in [-0.15, -0.1) is 0 Å². The molecule has 0 spiro atoms. The molecule has 0 radical (unpaired) electrons. The first-order chi connectivity index (χ1) is 15.2. The Morgan fingerprint density at radius 3 is 2.48 bits per heavy atom. The largest absolute Gasteiger partial charge is 0.455 e. The van der Waals surface area contributed by atoms with E-state index in [4.69, 9.17) is 20.6 Å². The first-order valence-corrected chi connectivity index (χ1v) is 9.60. The third kappa shape index (κ3) is 4.21. The molecule has 9 nitrogen and oxygen atoms in total. The van der Waals surface area contributed by atoms with E-state index in [-0.39, 0.29) is 11.3 Å². The Labute approximate surface area is 180 Å². The Hall–Kier alpha value is -4.24. The number of fused-ring (bicyclic) bond motifs is 1. The van der Waals surface area contributed by atoms with Gasteiger partial charge in [-0.05, 0) is 40.6 Å². The van der Waals surface area contributed by atoms with E-state index in [0.717, 1.165) is 17.0 Å². The molecule has 0 saturated carbocycles. The van der Waals surface area contributed by atoms with Crippen molar-refractivity contribution in [3.05, 3.63) is 77.5 Å². The van der Waals surface area contributed by atoms with Gasteiger partial charge in [-0.25, -0.2) is 9.61 Å². The van der Waals surface area contributed by atoms with Gasteiger partial charge in [0.1, 0.15) is 11.5 Å². The van der Waals surface area contributed by atoms with Crippen LogP contribution in [-0.2, 0) is 0 Å². The summed E-state index contributed by atoms with van der Waals surface area (Å²) in [6, 6.07) is 20.7. The minimum Gasteiger partial charge on any atom is -0.455 e. The lowest BCUT2D eigenvalue weighted by molar-refractivity contribution is 0.314. The fourth-order valence-corrected chi connectivity index (χ4v) is 3.03. The Kier molecular flexibility index (Phi) is 4.99. The molecule has 0 aliphatic rings. The highest BCUT2D eigenvalue weighted by Crippen LogP contribution is 2.25. The summed E-state index contributed by atoms with van der Waals surface area (Å²) in [7, 11) is 0. The van der Waals surface area contributed by atoms with E-state index in [1.54, 1.807) is 18.3 Å². The molecule has 0 aliphatic carbocycles. The van der Waals surface area contributed by atoms with E-state index >= 15 is 0 Å². The molecule has 2 N–H and O–H groups in total. The van der Waals surface area contributed by atoms with Crippen molar-refractivity contribution in [3.63, 3.8) is 0 Å². The Bertz CT molecular complexity index is 1360. The molecule has 2 aromatic carbocycles. The summed E-state index contributed by atoms with van der Waals surface area (Å²) in [5.41, 5.74) is 5.08. The van der Waals surface area contributed by atoms with Crippen molar-refractivity contribution in [3.8, 4) is 11.3 Å². The molecule has 0 fully saturated rings. The second-order valence-corrected chi connectivity index (χ2v) is 6.84. The molecule has 3 aromatic heterocycles. The van der Waals surface area contributed by atoms with Crippen LogP contribution >= 0.6 is 11.6 Å². The van der Waals surface area contributed by atoms with Crippen LogP contribution in [0.5, 0.6) is 0 Å². The molecule has 0 unspecified atom stereocenters. The summed E-state index contributed by atoms with van der Waals surface area (Å²) in [5.74, 6) is 2.04. The van der Waals surface area contributed by atoms with Crippen molar-refractivity contribution in [2.75, 3.05) is 10.7 Å². The molecular weight excluding hydrogens is 418 g/mol. The summed E-state index contributed by atoms with van der Waals surface area (Å²) < 4.78 is 10.5. The van der Waals surface area contributed by atoms with Gasteiger partial charge in [0.25, 0.3) is 0 Å². The van der Waals surface area contributed by atoms with E-state index in [0.29, 0.717) is 22.4 Å². The number of aromatic nitrogens is 4. The topological polar surface area (TPSA) is 114 Å². The van der Waals surface area contributed by atoms with Crippen LogP contribution in [0.2, 0.25) is 5.02 Å². The van der Waals surface area contributed by atoms with Crippen LogP contribution in [0.25, 0.3) is 22.6 Å². The Morgan fingerprint density at radius 1 is 0.871 bits per heavy atom. The number of rotatable bonds is 6. The molecule has 0 amide bonds. The van der Waals surface area contributed by atoms with E-state index in [1.807, 2.05) is 54.6 Å². The molecule has 31 heavy (non-hydrogen) atoms. The van der Waals surface area contributed by atoms with Gasteiger partial charge in [-0.3, -0.25) is 5.43 Å². The van der Waals surface area contributed by atoms with Gasteiger partial charge in [0.2, 0.25) is 11.3 Å². The molecule has 0 saturated heterocycles. The van der Waals surface area contributed by atoms with Gasteiger partial charge < -0.3 is 9.73 Å². The lowest BCUT2D eigenvalue weighted by atomic mass is 10.2. The standard InChI is InChI=1S/C21H14ClN7O2/c22-14-7-4-8-15(11-14)24-18-19(26-21-20(25-18)28-31-29-21)27-23-12-16-9-10-17(30-16)13-5-2-1-3-6-13/h1-12H,(H,24,25,28)(H,26,27,29)/b23-12-. The van der Waals surface area contributed by atoms with Crippen molar-refractivity contribution in [2.24, 2.45) is 5.10 Å². The first kappa shape index (κ1) is 18.8. The zero-order valence-electron chi connectivity index (χ0n) is 15.9. The quantitative estimate of drug-likeness (QED) is 0.281. The predicted molar refractivity (Wildman–Crippen MR) is 117 cm³/mol. The van der Waals surface area contributed by atoms with Crippen LogP contribution in [-0.4, -0.2) is 26.5 Å². The summed E-state index contributed by atoms with van der Waals surface area (Å²) in [5, 5.41) is 15.4. The minimum absolute atomic E-state index is 0.249. The van der Waals surface area contributed by atoms with E-state index in [2.05, 4.69) is 36.1 Å². The smallest absolute Gasteiger partial charge is 0.245 e. The summed E-state index contributed by atoms with van der Waals surface area (Å²) in [6.07, 6.45) is 1.54. The van der Waals surface area contributed by atoms with E-state index in [9.17, 15) is 0 Å².